The molecule has 0 saturated heterocycles. The second-order valence-electron chi connectivity index (χ2n) is 2.37. The molecule has 1 N–H and O–H groups in total. The first-order chi connectivity index (χ1) is 5.72. The Labute approximate surface area is 86.6 Å². The largest absolute Gasteiger partial charge is 0.465 e. The van der Waals surface area contributed by atoms with Gasteiger partial charge in [-0.2, -0.15) is 0 Å². The topological polar surface area (TPSA) is 40.5 Å². The number of unbranched alkanes of at least 4 members (excludes halogenated alkanes) is 1. The van der Waals surface area contributed by atoms with Crippen molar-refractivity contribution in [3.63, 3.8) is 0 Å². The molecule has 0 rings (SSSR count). The second-order valence-corrected chi connectivity index (χ2v) is 3.25. The van der Waals surface area contributed by atoms with Crippen LogP contribution in [0.2, 0.25) is 0 Å². The van der Waals surface area contributed by atoms with Crippen molar-refractivity contribution in [2.75, 3.05) is 11.0 Å². The quantitative estimate of drug-likeness (QED) is 0.622. The number of amides is 1. The van der Waals surface area contributed by atoms with Gasteiger partial charge in [-0.15, -0.1) is 0 Å². The van der Waals surface area contributed by atoms with Gasteiger partial charge in [0.15, 0.2) is 0 Å². The molecule has 70 valence electrons. The zero-order valence-electron chi connectivity index (χ0n) is 7.16. The van der Waals surface area contributed by atoms with Crippen molar-refractivity contribution >= 4 is 28.7 Å². The Kier molecular flexibility index (Phi) is 7.23. The molecule has 0 aromatic rings. The summed E-state index contributed by atoms with van der Waals surface area (Å²) in [6, 6.07) is 0. The van der Waals surface area contributed by atoms with Gasteiger partial charge in [0, 0.05) is 17.2 Å². The minimum absolute atomic E-state index is 0.596. The first-order valence-electron chi connectivity index (χ1n) is 3.94. The lowest BCUT2D eigenvalue weighted by molar-refractivity contribution is 0.162. The molecule has 12 heavy (non-hydrogen) atoms. The normalized spacial score (nSPS) is 10.5. The van der Waals surface area contributed by atoms with Crippen molar-refractivity contribution < 1.29 is 9.90 Å². The number of hydrogen-bond donors (Lipinski definition) is 1. The van der Waals surface area contributed by atoms with Crippen LogP contribution in [-0.2, 0) is 0 Å². The van der Waals surface area contributed by atoms with Crippen LogP contribution in [0.3, 0.4) is 0 Å². The fraction of sp³-hybridized carbons (Fsp3) is 0.625. The smallest absolute Gasteiger partial charge is 0.411 e. The van der Waals surface area contributed by atoms with Crippen LogP contribution in [0.4, 0.5) is 4.79 Å². The molecule has 0 saturated carbocycles. The Morgan fingerprint density at radius 3 is 2.75 bits per heavy atom. The van der Waals surface area contributed by atoms with Gasteiger partial charge >= 0.3 is 6.09 Å². The van der Waals surface area contributed by atoms with Crippen LogP contribution in [-0.4, -0.2) is 27.1 Å². The third-order valence-electron chi connectivity index (χ3n) is 1.37. The maximum Gasteiger partial charge on any atom is 0.411 e. The van der Waals surface area contributed by atoms with Gasteiger partial charge < -0.3 is 5.11 Å². The lowest BCUT2D eigenvalue weighted by Crippen LogP contribution is -2.24. The lowest BCUT2D eigenvalue weighted by Gasteiger charge is -2.12. The lowest BCUT2D eigenvalue weighted by atomic mass is 10.3. The van der Waals surface area contributed by atoms with Gasteiger partial charge in [-0.1, -0.05) is 42.0 Å². The molecule has 0 atom stereocenters. The maximum absolute atomic E-state index is 10.6. The van der Waals surface area contributed by atoms with Crippen LogP contribution in [0.1, 0.15) is 19.8 Å². The van der Waals surface area contributed by atoms with Crippen molar-refractivity contribution in [1.29, 1.82) is 0 Å². The van der Waals surface area contributed by atoms with Gasteiger partial charge in [0.25, 0.3) is 0 Å². The van der Waals surface area contributed by atoms with E-state index in [1.165, 1.54) is 4.90 Å². The molecular weight excluding hydrogens is 269 g/mol. The fourth-order valence-electron chi connectivity index (χ4n) is 0.729. The number of rotatable bonds is 5. The van der Waals surface area contributed by atoms with Gasteiger partial charge in [-0.3, -0.25) is 4.90 Å². The zero-order chi connectivity index (χ0) is 9.40. The molecule has 0 fully saturated rings. The van der Waals surface area contributed by atoms with Gasteiger partial charge in [0.2, 0.25) is 0 Å². The SMILES string of the molecule is CCCCN(/C=C/CI)C(=O)O. The average molecular weight is 283 g/mol. The number of carbonyl (C=O) groups is 1. The maximum atomic E-state index is 10.6. The van der Waals surface area contributed by atoms with Crippen molar-refractivity contribution in [3.8, 4) is 0 Å². The molecule has 0 heterocycles. The summed E-state index contributed by atoms with van der Waals surface area (Å²) >= 11 is 2.18. The molecule has 0 aromatic heterocycles. The number of alkyl halides is 1. The van der Waals surface area contributed by atoms with E-state index in [0.29, 0.717) is 6.54 Å². The zero-order valence-corrected chi connectivity index (χ0v) is 9.32. The fourth-order valence-corrected chi connectivity index (χ4v) is 0.957. The summed E-state index contributed by atoms with van der Waals surface area (Å²) in [7, 11) is 0. The van der Waals surface area contributed by atoms with Crippen LogP contribution in [0.15, 0.2) is 12.3 Å². The second kappa shape index (κ2) is 7.39. The predicted molar refractivity (Wildman–Crippen MR) is 57.7 cm³/mol. The van der Waals surface area contributed by atoms with E-state index in [2.05, 4.69) is 22.6 Å². The summed E-state index contributed by atoms with van der Waals surface area (Å²) in [5.41, 5.74) is 0. The Morgan fingerprint density at radius 1 is 1.67 bits per heavy atom. The molecule has 0 aliphatic rings. The third kappa shape index (κ3) is 5.40. The van der Waals surface area contributed by atoms with E-state index in [1.54, 1.807) is 6.20 Å². The number of nitrogens with zero attached hydrogens (tertiary/aromatic N) is 1. The standard InChI is InChI=1S/C8H14INO2/c1-2-3-6-10(8(11)12)7-4-5-9/h4,7H,2-3,5-6H2,1H3,(H,11,12)/b7-4+. The predicted octanol–water partition coefficient (Wildman–Crippen LogP) is 2.72. The van der Waals surface area contributed by atoms with E-state index < -0.39 is 6.09 Å². The highest BCUT2D eigenvalue weighted by Gasteiger charge is 2.05. The van der Waals surface area contributed by atoms with Crippen molar-refractivity contribution in [2.24, 2.45) is 0 Å². The highest BCUT2D eigenvalue weighted by Crippen LogP contribution is 1.97. The molecule has 0 aliphatic carbocycles. The van der Waals surface area contributed by atoms with Gasteiger partial charge in [0.05, 0.1) is 0 Å². The highest BCUT2D eigenvalue weighted by atomic mass is 127. The summed E-state index contributed by atoms with van der Waals surface area (Å²) in [5, 5.41) is 8.70. The molecule has 4 heteroatoms. The number of carboxylic acid groups (broad SMARTS) is 1. The van der Waals surface area contributed by atoms with Crippen LogP contribution in [0, 0.1) is 0 Å². The summed E-state index contributed by atoms with van der Waals surface area (Å²) in [4.78, 5) is 11.9. The summed E-state index contributed by atoms with van der Waals surface area (Å²) < 4.78 is 0.841. The van der Waals surface area contributed by atoms with Crippen molar-refractivity contribution in [1.82, 2.24) is 4.90 Å². The Bertz CT molecular complexity index is 159. The summed E-state index contributed by atoms with van der Waals surface area (Å²) in [6.07, 6.45) is 4.53. The minimum Gasteiger partial charge on any atom is -0.465 e. The number of hydrogen-bond acceptors (Lipinski definition) is 1. The van der Waals surface area contributed by atoms with Crippen LogP contribution in [0.5, 0.6) is 0 Å². The van der Waals surface area contributed by atoms with Gasteiger partial charge in [0.1, 0.15) is 0 Å². The number of halogens is 1. The van der Waals surface area contributed by atoms with E-state index in [9.17, 15) is 4.79 Å². The molecule has 3 nitrogen and oxygen atoms in total. The summed E-state index contributed by atoms with van der Waals surface area (Å²) in [6.45, 7) is 2.64. The van der Waals surface area contributed by atoms with E-state index in [-0.39, 0.29) is 0 Å². The molecule has 0 unspecified atom stereocenters. The molecule has 0 radical (unpaired) electrons. The number of allylic oxidation sites excluding steroid dienone is 1. The molecular formula is C8H14INO2. The van der Waals surface area contributed by atoms with E-state index in [0.717, 1.165) is 17.3 Å². The van der Waals surface area contributed by atoms with Crippen molar-refractivity contribution in [2.45, 2.75) is 19.8 Å². The van der Waals surface area contributed by atoms with Crippen LogP contribution < -0.4 is 0 Å². The first-order valence-corrected chi connectivity index (χ1v) is 5.47. The minimum atomic E-state index is -0.871. The molecule has 0 bridgehead atoms. The van der Waals surface area contributed by atoms with Gasteiger partial charge in [-0.05, 0) is 6.42 Å². The highest BCUT2D eigenvalue weighted by molar-refractivity contribution is 14.1. The summed E-state index contributed by atoms with van der Waals surface area (Å²) in [5.74, 6) is 0. The Morgan fingerprint density at radius 2 is 2.33 bits per heavy atom. The molecule has 0 aliphatic heterocycles. The third-order valence-corrected chi connectivity index (χ3v) is 1.88. The van der Waals surface area contributed by atoms with Crippen LogP contribution >= 0.6 is 22.6 Å². The van der Waals surface area contributed by atoms with E-state index >= 15 is 0 Å². The van der Waals surface area contributed by atoms with Gasteiger partial charge in [-0.25, -0.2) is 4.79 Å². The molecule has 0 spiro atoms. The van der Waals surface area contributed by atoms with E-state index in [1.807, 2.05) is 13.0 Å². The van der Waals surface area contributed by atoms with E-state index in [4.69, 9.17) is 5.11 Å². The Balaban J connectivity index is 3.86. The first kappa shape index (κ1) is 11.7. The molecule has 1 amide bonds. The van der Waals surface area contributed by atoms with Crippen LogP contribution in [0.25, 0.3) is 0 Å². The monoisotopic (exact) mass is 283 g/mol. The molecule has 0 aromatic carbocycles. The Hall–Kier alpha value is -0.260. The average Bonchev–Trinajstić information content (AvgIpc) is 2.04. The van der Waals surface area contributed by atoms with Crippen molar-refractivity contribution in [3.05, 3.63) is 12.3 Å².